The first-order chi connectivity index (χ1) is 15.4. The summed E-state index contributed by atoms with van der Waals surface area (Å²) in [6, 6.07) is 4.75. The summed E-state index contributed by atoms with van der Waals surface area (Å²) >= 11 is 0. The molecule has 0 saturated carbocycles. The Hall–Kier alpha value is -3.62. The standard InChI is InChI=1S/C23H26N4O5/c1-13-16-5-4-15(31-3)10-19(16)32-23(30)17(13)6-8-20(28)25-18-7-9-21(29)26-22(18)14-11-24-27(2)12-14/h4-5,10-12,18,22H,6-9H2,1-3H3,(H,25,28)(H,26,29)/t18-,22-/m0/s1. The fourth-order valence-corrected chi connectivity index (χ4v) is 4.18. The number of hydrogen-bond acceptors (Lipinski definition) is 6. The van der Waals surface area contributed by atoms with Gasteiger partial charge in [-0.15, -0.1) is 0 Å². The number of methoxy groups -OCH3 is 1. The number of amides is 2. The van der Waals surface area contributed by atoms with Gasteiger partial charge in [-0.1, -0.05) is 0 Å². The van der Waals surface area contributed by atoms with E-state index in [1.165, 1.54) is 0 Å². The van der Waals surface area contributed by atoms with Gasteiger partial charge in [0, 0.05) is 48.7 Å². The predicted molar refractivity (Wildman–Crippen MR) is 117 cm³/mol. The van der Waals surface area contributed by atoms with Gasteiger partial charge >= 0.3 is 5.63 Å². The van der Waals surface area contributed by atoms with Crippen LogP contribution in [0.5, 0.6) is 5.75 Å². The number of benzene rings is 1. The fraction of sp³-hybridized carbons (Fsp3) is 0.391. The quantitative estimate of drug-likeness (QED) is 0.568. The van der Waals surface area contributed by atoms with Gasteiger partial charge in [-0.3, -0.25) is 14.3 Å². The van der Waals surface area contributed by atoms with Gasteiger partial charge in [0.15, 0.2) is 0 Å². The molecule has 168 valence electrons. The summed E-state index contributed by atoms with van der Waals surface area (Å²) in [6.07, 6.45) is 4.80. The first kappa shape index (κ1) is 21.6. The molecule has 0 radical (unpaired) electrons. The van der Waals surface area contributed by atoms with E-state index in [0.29, 0.717) is 29.7 Å². The van der Waals surface area contributed by atoms with Crippen molar-refractivity contribution < 1.29 is 18.7 Å². The van der Waals surface area contributed by atoms with Gasteiger partial charge in [-0.25, -0.2) is 4.79 Å². The maximum atomic E-state index is 12.7. The van der Waals surface area contributed by atoms with Gasteiger partial charge in [0.05, 0.1) is 25.4 Å². The Morgan fingerprint density at radius 3 is 2.91 bits per heavy atom. The Balaban J connectivity index is 1.47. The summed E-state index contributed by atoms with van der Waals surface area (Å²) in [7, 11) is 3.35. The summed E-state index contributed by atoms with van der Waals surface area (Å²) in [4.78, 5) is 37.2. The zero-order chi connectivity index (χ0) is 22.8. The molecule has 0 aliphatic carbocycles. The van der Waals surface area contributed by atoms with E-state index in [4.69, 9.17) is 9.15 Å². The van der Waals surface area contributed by atoms with E-state index in [1.54, 1.807) is 31.1 Å². The van der Waals surface area contributed by atoms with Crippen LogP contribution in [0.3, 0.4) is 0 Å². The molecule has 3 aromatic rings. The Bertz CT molecular complexity index is 1230. The molecule has 4 rings (SSSR count). The average molecular weight is 438 g/mol. The lowest BCUT2D eigenvalue weighted by molar-refractivity contribution is -0.127. The first-order valence-electron chi connectivity index (χ1n) is 10.5. The van der Waals surface area contributed by atoms with Crippen molar-refractivity contribution in [2.45, 2.75) is 44.7 Å². The molecule has 1 aromatic carbocycles. The minimum Gasteiger partial charge on any atom is -0.497 e. The van der Waals surface area contributed by atoms with Gasteiger partial charge in [-0.2, -0.15) is 5.10 Å². The molecule has 32 heavy (non-hydrogen) atoms. The molecular weight excluding hydrogens is 412 g/mol. The normalized spacial score (nSPS) is 18.4. The van der Waals surface area contributed by atoms with Crippen molar-refractivity contribution in [2.75, 3.05) is 7.11 Å². The minimum atomic E-state index is -0.450. The van der Waals surface area contributed by atoms with Crippen LogP contribution in [0.15, 0.2) is 39.8 Å². The molecule has 9 nitrogen and oxygen atoms in total. The molecule has 1 aliphatic rings. The summed E-state index contributed by atoms with van der Waals surface area (Å²) in [5.74, 6) is 0.369. The molecule has 2 N–H and O–H groups in total. The van der Waals surface area contributed by atoms with Gasteiger partial charge in [0.25, 0.3) is 0 Å². The molecule has 2 atom stereocenters. The highest BCUT2D eigenvalue weighted by atomic mass is 16.5. The van der Waals surface area contributed by atoms with Gasteiger partial charge < -0.3 is 19.8 Å². The number of fused-ring (bicyclic) bond motifs is 1. The highest BCUT2D eigenvalue weighted by Gasteiger charge is 2.31. The third-order valence-electron chi connectivity index (χ3n) is 5.93. The van der Waals surface area contributed by atoms with E-state index in [1.807, 2.05) is 25.3 Å². The molecule has 0 spiro atoms. The average Bonchev–Trinajstić information content (AvgIpc) is 3.20. The molecule has 3 heterocycles. The highest BCUT2D eigenvalue weighted by Crippen LogP contribution is 2.26. The van der Waals surface area contributed by atoms with Crippen LogP contribution in [-0.2, 0) is 23.1 Å². The van der Waals surface area contributed by atoms with Crippen molar-refractivity contribution in [3.05, 3.63) is 57.7 Å². The van der Waals surface area contributed by atoms with Crippen molar-refractivity contribution in [3.8, 4) is 5.75 Å². The van der Waals surface area contributed by atoms with Crippen molar-refractivity contribution in [1.29, 1.82) is 0 Å². The van der Waals surface area contributed by atoms with Gasteiger partial charge in [-0.05, 0) is 37.5 Å². The van der Waals surface area contributed by atoms with E-state index >= 15 is 0 Å². The van der Waals surface area contributed by atoms with Crippen LogP contribution in [0, 0.1) is 6.92 Å². The number of nitrogens with zero attached hydrogens (tertiary/aromatic N) is 2. The van der Waals surface area contributed by atoms with Crippen LogP contribution in [0.25, 0.3) is 11.0 Å². The molecule has 0 unspecified atom stereocenters. The van der Waals surface area contributed by atoms with Crippen molar-refractivity contribution >= 4 is 22.8 Å². The number of carbonyl (C=O) groups excluding carboxylic acids is 2. The summed E-state index contributed by atoms with van der Waals surface area (Å²) in [6.45, 7) is 1.86. The second-order valence-electron chi connectivity index (χ2n) is 8.06. The lowest BCUT2D eigenvalue weighted by Crippen LogP contribution is -2.50. The van der Waals surface area contributed by atoms with Crippen LogP contribution in [-0.4, -0.2) is 34.7 Å². The van der Waals surface area contributed by atoms with Crippen LogP contribution < -0.4 is 21.0 Å². The smallest absolute Gasteiger partial charge is 0.339 e. The number of ether oxygens (including phenoxy) is 1. The topological polar surface area (TPSA) is 115 Å². The Labute approximate surface area is 184 Å². The third kappa shape index (κ3) is 4.37. The largest absolute Gasteiger partial charge is 0.497 e. The van der Waals surface area contributed by atoms with E-state index in [2.05, 4.69) is 15.7 Å². The molecular formula is C23H26N4O5. The van der Waals surface area contributed by atoms with Crippen LogP contribution in [0.2, 0.25) is 0 Å². The monoisotopic (exact) mass is 438 g/mol. The number of piperidine rings is 1. The Morgan fingerprint density at radius 2 is 2.19 bits per heavy atom. The molecule has 2 amide bonds. The van der Waals surface area contributed by atoms with Gasteiger partial charge in [0.2, 0.25) is 11.8 Å². The Morgan fingerprint density at radius 1 is 1.38 bits per heavy atom. The molecule has 1 fully saturated rings. The third-order valence-corrected chi connectivity index (χ3v) is 5.93. The number of hydrogen-bond donors (Lipinski definition) is 2. The molecule has 9 heteroatoms. The molecule has 1 aliphatic heterocycles. The van der Waals surface area contributed by atoms with E-state index in [0.717, 1.165) is 16.5 Å². The van der Waals surface area contributed by atoms with Crippen molar-refractivity contribution in [3.63, 3.8) is 0 Å². The SMILES string of the molecule is COc1ccc2c(C)c(CCC(=O)N[C@H]3CCC(=O)N[C@H]3c3cnn(C)c3)c(=O)oc2c1. The van der Waals surface area contributed by atoms with Crippen LogP contribution in [0.4, 0.5) is 0 Å². The van der Waals surface area contributed by atoms with E-state index in [-0.39, 0.29) is 36.7 Å². The number of rotatable bonds is 6. The lowest BCUT2D eigenvalue weighted by Gasteiger charge is -2.32. The second kappa shape index (κ2) is 8.86. The number of nitrogens with one attached hydrogen (secondary N) is 2. The van der Waals surface area contributed by atoms with Crippen molar-refractivity contribution in [1.82, 2.24) is 20.4 Å². The zero-order valence-electron chi connectivity index (χ0n) is 18.3. The maximum absolute atomic E-state index is 12.7. The molecule has 2 aromatic heterocycles. The minimum absolute atomic E-state index is 0.0506. The first-order valence-corrected chi connectivity index (χ1v) is 10.5. The van der Waals surface area contributed by atoms with E-state index in [9.17, 15) is 14.4 Å². The number of carbonyl (C=O) groups is 2. The molecule has 1 saturated heterocycles. The number of aromatic nitrogens is 2. The van der Waals surface area contributed by atoms with E-state index < -0.39 is 5.63 Å². The highest BCUT2D eigenvalue weighted by molar-refractivity contribution is 5.83. The summed E-state index contributed by atoms with van der Waals surface area (Å²) in [5, 5.41) is 10.9. The maximum Gasteiger partial charge on any atom is 0.339 e. The van der Waals surface area contributed by atoms with Gasteiger partial charge in [0.1, 0.15) is 11.3 Å². The predicted octanol–water partition coefficient (Wildman–Crippen LogP) is 1.91. The zero-order valence-corrected chi connectivity index (χ0v) is 18.3. The lowest BCUT2D eigenvalue weighted by atomic mass is 9.93. The van der Waals surface area contributed by atoms with Crippen LogP contribution >= 0.6 is 0 Å². The van der Waals surface area contributed by atoms with Crippen molar-refractivity contribution in [2.24, 2.45) is 7.05 Å². The Kier molecular flexibility index (Phi) is 5.98. The fourth-order valence-electron chi connectivity index (χ4n) is 4.18. The summed E-state index contributed by atoms with van der Waals surface area (Å²) < 4.78 is 12.3. The summed E-state index contributed by atoms with van der Waals surface area (Å²) in [5.41, 5.74) is 2.13. The second-order valence-corrected chi connectivity index (χ2v) is 8.06. The molecule has 0 bridgehead atoms. The van der Waals surface area contributed by atoms with Crippen LogP contribution in [0.1, 0.15) is 42.0 Å². The number of aryl methyl sites for hydroxylation is 2.